The standard InChI is InChI=1S/C47H50F4N2O5.C4H10/c1-7-9-12-31(8-2)25-53-42-20-15-32(43(52-55)35-18-17-34(22-28(35)3)58-30(5)26-56-6)23-39(42)40-24-41(37-13-10-11-14-38(37)44(40)53)45(54)36-19-16-33(21-29(36)4)57-27-47(50,51)46(48)49;1-3-4-2/h10-11,13-24,30-31,46,55H,7-9,12,25-27H2,1-6H3;3-4H2,1-2H3/b52-43+;. The average Bonchev–Trinajstić information content (AvgIpc) is 3.57. The van der Waals surface area contributed by atoms with Gasteiger partial charge in [0, 0.05) is 57.6 Å². The molecule has 6 aromatic rings. The van der Waals surface area contributed by atoms with Crippen molar-refractivity contribution in [2.75, 3.05) is 20.3 Å². The number of nitrogens with zero attached hydrogens (tertiary/aromatic N) is 2. The molecule has 0 aliphatic rings. The Morgan fingerprint density at radius 2 is 1.45 bits per heavy atom. The summed E-state index contributed by atoms with van der Waals surface area (Å²) in [6.45, 7) is 14.0. The number of ketones is 1. The average molecular weight is 857 g/mol. The van der Waals surface area contributed by atoms with E-state index in [4.69, 9.17) is 14.2 Å². The number of carbonyl (C=O) groups is 1. The Kier molecular flexibility index (Phi) is 16.6. The lowest BCUT2D eigenvalue weighted by Gasteiger charge is -2.19. The first-order valence-electron chi connectivity index (χ1n) is 21.6. The van der Waals surface area contributed by atoms with Gasteiger partial charge in [-0.05, 0) is 104 Å². The number of aryl methyl sites for hydroxylation is 2. The van der Waals surface area contributed by atoms with Crippen LogP contribution < -0.4 is 9.47 Å². The quantitative estimate of drug-likeness (QED) is 0.0288. The van der Waals surface area contributed by atoms with Gasteiger partial charge in [-0.25, -0.2) is 8.78 Å². The molecule has 0 spiro atoms. The Balaban J connectivity index is 0.00000174. The van der Waals surface area contributed by atoms with Gasteiger partial charge in [-0.2, -0.15) is 8.78 Å². The fourth-order valence-electron chi connectivity index (χ4n) is 7.78. The number of aromatic nitrogens is 1. The van der Waals surface area contributed by atoms with Gasteiger partial charge >= 0.3 is 12.3 Å². The predicted octanol–water partition coefficient (Wildman–Crippen LogP) is 13.7. The van der Waals surface area contributed by atoms with Crippen LogP contribution in [0.4, 0.5) is 17.6 Å². The number of hydrogen-bond acceptors (Lipinski definition) is 6. The van der Waals surface area contributed by atoms with Crippen molar-refractivity contribution >= 4 is 44.1 Å². The maximum atomic E-state index is 14.6. The summed E-state index contributed by atoms with van der Waals surface area (Å²) in [5, 5.41) is 17.7. The molecule has 0 radical (unpaired) electrons. The molecule has 0 fully saturated rings. The summed E-state index contributed by atoms with van der Waals surface area (Å²) in [5.74, 6) is -3.56. The Morgan fingerprint density at radius 3 is 2.06 bits per heavy atom. The maximum absolute atomic E-state index is 14.6. The fourth-order valence-corrected chi connectivity index (χ4v) is 7.78. The minimum absolute atomic E-state index is 0.0433. The van der Waals surface area contributed by atoms with E-state index in [1.807, 2.05) is 74.5 Å². The molecule has 0 saturated heterocycles. The highest BCUT2D eigenvalue weighted by Crippen LogP contribution is 2.39. The van der Waals surface area contributed by atoms with Crippen LogP contribution in [-0.2, 0) is 11.3 Å². The topological polar surface area (TPSA) is 82.3 Å². The summed E-state index contributed by atoms with van der Waals surface area (Å²) in [6.07, 6.45) is 2.90. The monoisotopic (exact) mass is 856 g/mol. The zero-order valence-corrected chi connectivity index (χ0v) is 37.2. The number of halogens is 4. The van der Waals surface area contributed by atoms with E-state index in [9.17, 15) is 27.6 Å². The summed E-state index contributed by atoms with van der Waals surface area (Å²) in [7, 11) is 1.62. The normalized spacial score (nSPS) is 13.1. The van der Waals surface area contributed by atoms with Gasteiger partial charge in [0.2, 0.25) is 0 Å². The van der Waals surface area contributed by atoms with Crippen molar-refractivity contribution in [2.45, 2.75) is 112 Å². The first-order chi connectivity index (χ1) is 29.7. The van der Waals surface area contributed by atoms with Crippen molar-refractivity contribution in [3.8, 4) is 11.5 Å². The van der Waals surface area contributed by atoms with E-state index in [-0.39, 0.29) is 17.6 Å². The highest BCUT2D eigenvalue weighted by molar-refractivity contribution is 6.27. The van der Waals surface area contributed by atoms with Crippen LogP contribution in [-0.4, -0.2) is 60.0 Å². The second-order valence-electron chi connectivity index (χ2n) is 16.1. The van der Waals surface area contributed by atoms with Gasteiger partial charge in [0.05, 0.1) is 12.1 Å². The molecule has 0 bridgehead atoms. The van der Waals surface area contributed by atoms with E-state index in [1.165, 1.54) is 31.0 Å². The summed E-state index contributed by atoms with van der Waals surface area (Å²) >= 11 is 0. The molecule has 6 rings (SSSR count). The van der Waals surface area contributed by atoms with Crippen LogP contribution in [0.2, 0.25) is 0 Å². The SMILES string of the molecule is CCCC.CCCCC(CC)Cn1c2ccc(/C(=N\O)c3ccc(OC(C)COC)cc3C)cc2c2cc(C(=O)c3ccc(OCC(F)(F)C(F)F)cc3C)c3ccccc3c21. The van der Waals surface area contributed by atoms with Crippen molar-refractivity contribution in [1.29, 1.82) is 0 Å². The number of benzene rings is 5. The number of carbonyl (C=O) groups excluding carboxylic acids is 1. The van der Waals surface area contributed by atoms with E-state index in [0.717, 1.165) is 75.9 Å². The first-order valence-corrected chi connectivity index (χ1v) is 21.6. The van der Waals surface area contributed by atoms with Gasteiger partial charge in [0.25, 0.3) is 0 Å². The first kappa shape index (κ1) is 47.6. The van der Waals surface area contributed by atoms with Gasteiger partial charge in [-0.1, -0.05) is 95.3 Å². The summed E-state index contributed by atoms with van der Waals surface area (Å²) < 4.78 is 71.3. The number of oxime groups is 1. The van der Waals surface area contributed by atoms with Gasteiger partial charge in [0.15, 0.2) is 12.4 Å². The van der Waals surface area contributed by atoms with Crippen molar-refractivity contribution in [3.63, 3.8) is 0 Å². The molecule has 1 N–H and O–H groups in total. The van der Waals surface area contributed by atoms with E-state index >= 15 is 0 Å². The maximum Gasteiger partial charge on any atom is 0.340 e. The molecule has 1 aromatic heterocycles. The van der Waals surface area contributed by atoms with E-state index in [2.05, 4.69) is 43.5 Å². The second kappa shape index (κ2) is 21.6. The zero-order chi connectivity index (χ0) is 45.1. The molecule has 0 amide bonds. The van der Waals surface area contributed by atoms with Crippen molar-refractivity contribution in [1.82, 2.24) is 4.57 Å². The van der Waals surface area contributed by atoms with Crippen molar-refractivity contribution < 1.29 is 41.8 Å². The Hall–Kier alpha value is -5.42. The Labute approximate surface area is 362 Å². The molecule has 0 aliphatic heterocycles. The molecular formula is C51H60F4N2O5. The molecule has 332 valence electrons. The highest BCUT2D eigenvalue weighted by Gasteiger charge is 2.41. The van der Waals surface area contributed by atoms with E-state index < -0.39 is 19.0 Å². The smallest absolute Gasteiger partial charge is 0.340 e. The van der Waals surface area contributed by atoms with Gasteiger partial charge in [-0.3, -0.25) is 4.79 Å². The van der Waals surface area contributed by atoms with Gasteiger partial charge in [-0.15, -0.1) is 0 Å². The number of unbranched alkanes of at least 4 members (excludes halogenated alkanes) is 2. The Morgan fingerprint density at radius 1 is 0.790 bits per heavy atom. The lowest BCUT2D eigenvalue weighted by Crippen LogP contribution is -2.33. The molecule has 5 aromatic carbocycles. The van der Waals surface area contributed by atoms with Crippen LogP contribution in [0.25, 0.3) is 32.6 Å². The summed E-state index contributed by atoms with van der Waals surface area (Å²) in [5.41, 5.74) is 5.82. The van der Waals surface area contributed by atoms with Gasteiger partial charge < -0.3 is 24.0 Å². The molecule has 2 atom stereocenters. The molecule has 1 heterocycles. The Bertz CT molecular complexity index is 2490. The van der Waals surface area contributed by atoms with Crippen LogP contribution >= 0.6 is 0 Å². The third kappa shape index (κ3) is 10.8. The number of hydrogen-bond donors (Lipinski definition) is 1. The molecule has 11 heteroatoms. The fraction of sp³-hybridized carbons (Fsp3) is 0.412. The minimum Gasteiger partial charge on any atom is -0.488 e. The van der Waals surface area contributed by atoms with Crippen LogP contribution in [0, 0.1) is 19.8 Å². The second-order valence-corrected chi connectivity index (χ2v) is 16.1. The number of methoxy groups -OCH3 is 1. The highest BCUT2D eigenvalue weighted by atomic mass is 19.3. The van der Waals surface area contributed by atoms with Crippen LogP contribution in [0.15, 0.2) is 90.1 Å². The molecule has 2 unspecified atom stereocenters. The molecular weight excluding hydrogens is 797 g/mol. The molecule has 7 nitrogen and oxygen atoms in total. The summed E-state index contributed by atoms with van der Waals surface area (Å²) in [6, 6.07) is 25.6. The molecule has 0 aliphatic carbocycles. The zero-order valence-electron chi connectivity index (χ0n) is 37.2. The predicted molar refractivity (Wildman–Crippen MR) is 242 cm³/mol. The van der Waals surface area contributed by atoms with E-state index in [0.29, 0.717) is 46.2 Å². The lowest BCUT2D eigenvalue weighted by atomic mass is 9.92. The van der Waals surface area contributed by atoms with Crippen LogP contribution in [0.3, 0.4) is 0 Å². The lowest BCUT2D eigenvalue weighted by molar-refractivity contribution is -0.148. The summed E-state index contributed by atoms with van der Waals surface area (Å²) in [4.78, 5) is 14.6. The third-order valence-corrected chi connectivity index (χ3v) is 11.4. The van der Waals surface area contributed by atoms with Crippen LogP contribution in [0.5, 0.6) is 11.5 Å². The van der Waals surface area contributed by atoms with Crippen molar-refractivity contribution in [3.05, 3.63) is 118 Å². The van der Waals surface area contributed by atoms with Gasteiger partial charge in [0.1, 0.15) is 23.3 Å². The van der Waals surface area contributed by atoms with E-state index in [1.54, 1.807) is 14.0 Å². The molecule has 62 heavy (non-hydrogen) atoms. The third-order valence-electron chi connectivity index (χ3n) is 11.4. The van der Waals surface area contributed by atoms with Crippen LogP contribution in [0.1, 0.15) is 111 Å². The molecule has 0 saturated carbocycles. The number of alkyl halides is 4. The number of fused-ring (bicyclic) bond motifs is 5. The van der Waals surface area contributed by atoms with Crippen molar-refractivity contribution in [2.24, 2.45) is 11.1 Å². The number of rotatable bonds is 19. The number of ether oxygens (including phenoxy) is 3. The largest absolute Gasteiger partial charge is 0.488 e. The minimum atomic E-state index is -4.31.